The molecule has 1 aliphatic heterocycles. The van der Waals surface area contributed by atoms with E-state index in [1.165, 1.54) is 7.05 Å². The van der Waals surface area contributed by atoms with Crippen molar-refractivity contribution in [2.24, 2.45) is 0 Å². The Labute approximate surface area is 92.8 Å². The van der Waals surface area contributed by atoms with Crippen LogP contribution in [0.15, 0.2) is 0 Å². The molecule has 0 bridgehead atoms. The van der Waals surface area contributed by atoms with Crippen molar-refractivity contribution in [2.45, 2.75) is 18.9 Å². The average molecular weight is 229 g/mol. The molecule has 1 aliphatic rings. The van der Waals surface area contributed by atoms with E-state index in [4.69, 9.17) is 5.11 Å². The van der Waals surface area contributed by atoms with Crippen molar-refractivity contribution in [2.75, 3.05) is 20.1 Å². The van der Waals surface area contributed by atoms with Crippen LogP contribution in [0.1, 0.15) is 12.8 Å². The van der Waals surface area contributed by atoms with E-state index in [0.29, 0.717) is 19.4 Å². The number of carboxylic acids is 1. The number of hydrogen-bond donors (Lipinski definition) is 3. The van der Waals surface area contributed by atoms with Gasteiger partial charge in [-0.1, -0.05) is 0 Å². The predicted octanol–water partition coefficient (Wildman–Crippen LogP) is -1.01. The summed E-state index contributed by atoms with van der Waals surface area (Å²) in [7, 11) is 1.41. The van der Waals surface area contributed by atoms with Gasteiger partial charge in [-0.25, -0.2) is 4.79 Å². The molecule has 0 aromatic carbocycles. The van der Waals surface area contributed by atoms with Crippen LogP contribution in [-0.4, -0.2) is 54.1 Å². The number of urea groups is 1. The molecule has 0 aromatic heterocycles. The highest BCUT2D eigenvalue weighted by atomic mass is 16.4. The molecule has 0 aromatic rings. The molecule has 1 atom stereocenters. The molecule has 7 nitrogen and oxygen atoms in total. The van der Waals surface area contributed by atoms with E-state index in [1.54, 1.807) is 0 Å². The molecule has 1 rings (SSSR count). The molecular formula is C9H15N3O4. The summed E-state index contributed by atoms with van der Waals surface area (Å²) in [5.74, 6) is -1.08. The molecular weight excluding hydrogens is 214 g/mol. The van der Waals surface area contributed by atoms with Crippen molar-refractivity contribution in [3.05, 3.63) is 0 Å². The SMILES string of the molecule is CN(CC(=O)O)C(=O)NC1CCC(=O)NC1. The zero-order valence-electron chi connectivity index (χ0n) is 9.02. The lowest BCUT2D eigenvalue weighted by molar-refractivity contribution is -0.137. The van der Waals surface area contributed by atoms with Crippen LogP contribution in [0.4, 0.5) is 4.79 Å². The second-order valence-corrected chi connectivity index (χ2v) is 3.74. The number of likely N-dealkylation sites (N-methyl/N-ethyl adjacent to an activating group) is 1. The summed E-state index contributed by atoms with van der Waals surface area (Å²) < 4.78 is 0. The highest BCUT2D eigenvalue weighted by molar-refractivity contribution is 5.80. The number of hydrogen-bond acceptors (Lipinski definition) is 3. The Bertz CT molecular complexity index is 295. The fourth-order valence-corrected chi connectivity index (χ4v) is 1.42. The smallest absolute Gasteiger partial charge is 0.323 e. The van der Waals surface area contributed by atoms with E-state index in [1.807, 2.05) is 0 Å². The van der Waals surface area contributed by atoms with Gasteiger partial charge in [-0.2, -0.15) is 0 Å². The van der Waals surface area contributed by atoms with Gasteiger partial charge in [0.15, 0.2) is 0 Å². The Morgan fingerprint density at radius 3 is 2.81 bits per heavy atom. The molecule has 0 radical (unpaired) electrons. The Morgan fingerprint density at radius 1 is 1.62 bits per heavy atom. The van der Waals surface area contributed by atoms with Crippen molar-refractivity contribution in [1.29, 1.82) is 0 Å². The molecule has 16 heavy (non-hydrogen) atoms. The summed E-state index contributed by atoms with van der Waals surface area (Å²) in [6.45, 7) is 0.0520. The first-order valence-corrected chi connectivity index (χ1v) is 4.99. The van der Waals surface area contributed by atoms with Crippen molar-refractivity contribution >= 4 is 17.9 Å². The van der Waals surface area contributed by atoms with Crippen LogP contribution in [-0.2, 0) is 9.59 Å². The van der Waals surface area contributed by atoms with E-state index in [-0.39, 0.29) is 18.5 Å². The number of carbonyl (C=O) groups excluding carboxylic acids is 2. The number of rotatable bonds is 3. The highest BCUT2D eigenvalue weighted by Crippen LogP contribution is 2.02. The Balaban J connectivity index is 2.33. The van der Waals surface area contributed by atoms with Crippen molar-refractivity contribution < 1.29 is 19.5 Å². The van der Waals surface area contributed by atoms with Gasteiger partial charge < -0.3 is 20.6 Å². The lowest BCUT2D eigenvalue weighted by Gasteiger charge is -2.25. The van der Waals surface area contributed by atoms with E-state index >= 15 is 0 Å². The standard InChI is InChI=1S/C9H15N3O4/c1-12(5-8(14)15)9(16)11-6-2-3-7(13)10-4-6/h6H,2-5H2,1H3,(H,10,13)(H,11,16)(H,14,15). The molecule has 3 N–H and O–H groups in total. The third-order valence-corrected chi connectivity index (χ3v) is 2.31. The minimum Gasteiger partial charge on any atom is -0.480 e. The maximum Gasteiger partial charge on any atom is 0.323 e. The first-order chi connectivity index (χ1) is 7.49. The molecule has 7 heteroatoms. The molecule has 0 saturated carbocycles. The molecule has 1 unspecified atom stereocenters. The van der Waals surface area contributed by atoms with Crippen LogP contribution in [0.3, 0.4) is 0 Å². The van der Waals surface area contributed by atoms with Crippen LogP contribution in [0.25, 0.3) is 0 Å². The van der Waals surface area contributed by atoms with Crippen molar-refractivity contribution in [1.82, 2.24) is 15.5 Å². The van der Waals surface area contributed by atoms with E-state index < -0.39 is 12.0 Å². The minimum absolute atomic E-state index is 0.0237. The van der Waals surface area contributed by atoms with Crippen LogP contribution in [0.5, 0.6) is 0 Å². The lowest BCUT2D eigenvalue weighted by atomic mass is 10.1. The fourth-order valence-electron chi connectivity index (χ4n) is 1.42. The number of nitrogens with one attached hydrogen (secondary N) is 2. The fraction of sp³-hybridized carbons (Fsp3) is 0.667. The third kappa shape index (κ3) is 3.76. The first kappa shape index (κ1) is 12.3. The molecule has 0 aliphatic carbocycles. The summed E-state index contributed by atoms with van der Waals surface area (Å²) in [4.78, 5) is 33.8. The first-order valence-electron chi connectivity index (χ1n) is 4.99. The number of nitrogens with zero attached hydrogens (tertiary/aromatic N) is 1. The van der Waals surface area contributed by atoms with Gasteiger partial charge in [-0.3, -0.25) is 9.59 Å². The molecule has 1 fully saturated rings. The van der Waals surface area contributed by atoms with Crippen molar-refractivity contribution in [3.63, 3.8) is 0 Å². The lowest BCUT2D eigenvalue weighted by Crippen LogP contribution is -2.51. The number of aliphatic carboxylic acids is 1. The van der Waals surface area contributed by atoms with Crippen LogP contribution < -0.4 is 10.6 Å². The highest BCUT2D eigenvalue weighted by Gasteiger charge is 2.21. The van der Waals surface area contributed by atoms with Crippen LogP contribution in [0.2, 0.25) is 0 Å². The summed E-state index contributed by atoms with van der Waals surface area (Å²) in [6.07, 6.45) is 0.964. The number of piperidine rings is 1. The summed E-state index contributed by atoms with van der Waals surface area (Å²) >= 11 is 0. The number of amides is 3. The quantitative estimate of drug-likeness (QED) is 0.577. The summed E-state index contributed by atoms with van der Waals surface area (Å²) in [5.41, 5.74) is 0. The monoisotopic (exact) mass is 229 g/mol. The zero-order valence-corrected chi connectivity index (χ0v) is 9.02. The van der Waals surface area contributed by atoms with Crippen LogP contribution in [0, 0.1) is 0 Å². The van der Waals surface area contributed by atoms with E-state index in [0.717, 1.165) is 4.90 Å². The van der Waals surface area contributed by atoms with Gasteiger partial charge >= 0.3 is 12.0 Å². The summed E-state index contributed by atoms with van der Waals surface area (Å²) in [6, 6.07) is -0.565. The Kier molecular flexibility index (Phi) is 4.10. The Hall–Kier alpha value is -1.79. The molecule has 90 valence electrons. The zero-order chi connectivity index (χ0) is 12.1. The van der Waals surface area contributed by atoms with Crippen molar-refractivity contribution in [3.8, 4) is 0 Å². The average Bonchev–Trinajstić information content (AvgIpc) is 2.20. The second-order valence-electron chi connectivity index (χ2n) is 3.74. The normalized spacial score (nSPS) is 19.8. The van der Waals surface area contributed by atoms with Gasteiger partial charge in [-0.05, 0) is 6.42 Å². The number of carbonyl (C=O) groups is 3. The molecule has 1 saturated heterocycles. The Morgan fingerprint density at radius 2 is 2.31 bits per heavy atom. The second kappa shape index (κ2) is 5.34. The maximum absolute atomic E-state index is 11.5. The van der Waals surface area contributed by atoms with Gasteiger partial charge in [0.2, 0.25) is 5.91 Å². The summed E-state index contributed by atoms with van der Waals surface area (Å²) in [5, 5.41) is 13.8. The molecule has 0 spiro atoms. The largest absolute Gasteiger partial charge is 0.480 e. The van der Waals surface area contributed by atoms with E-state index in [9.17, 15) is 14.4 Å². The van der Waals surface area contributed by atoms with Gasteiger partial charge in [0.25, 0.3) is 0 Å². The van der Waals surface area contributed by atoms with Crippen LogP contribution >= 0.6 is 0 Å². The van der Waals surface area contributed by atoms with Gasteiger partial charge in [0, 0.05) is 26.1 Å². The van der Waals surface area contributed by atoms with E-state index in [2.05, 4.69) is 10.6 Å². The minimum atomic E-state index is -1.06. The predicted molar refractivity (Wildman–Crippen MR) is 54.8 cm³/mol. The maximum atomic E-state index is 11.5. The van der Waals surface area contributed by atoms with Gasteiger partial charge in [0.1, 0.15) is 6.54 Å². The molecule has 3 amide bonds. The van der Waals surface area contributed by atoms with Gasteiger partial charge in [-0.15, -0.1) is 0 Å². The third-order valence-electron chi connectivity index (χ3n) is 2.31. The van der Waals surface area contributed by atoms with Gasteiger partial charge in [0.05, 0.1) is 0 Å². The number of carboxylic acid groups (broad SMARTS) is 1. The molecule has 1 heterocycles. The topological polar surface area (TPSA) is 98.7 Å².